The van der Waals surface area contributed by atoms with E-state index in [0.29, 0.717) is 17.6 Å². The molecule has 4 nitrogen and oxygen atoms in total. The molecule has 0 saturated heterocycles. The van der Waals surface area contributed by atoms with Gasteiger partial charge >= 0.3 is 0 Å². The zero-order valence-corrected chi connectivity index (χ0v) is 15.8. The van der Waals surface area contributed by atoms with E-state index >= 15 is 0 Å². The Hall–Kier alpha value is -3.92. The van der Waals surface area contributed by atoms with Crippen LogP contribution in [0.4, 0.5) is 0 Å². The number of hydrogen-bond donors (Lipinski definition) is 1. The minimum atomic E-state index is -0.246. The van der Waals surface area contributed by atoms with Crippen LogP contribution in [0.5, 0.6) is 0 Å². The lowest BCUT2D eigenvalue weighted by atomic mass is 10.1. The molecule has 29 heavy (non-hydrogen) atoms. The van der Waals surface area contributed by atoms with Crippen LogP contribution in [0.15, 0.2) is 95.8 Å². The first-order valence-electron chi connectivity index (χ1n) is 9.39. The molecule has 0 unspecified atom stereocenters. The Bertz CT molecular complexity index is 1240. The fraction of sp³-hybridized carbons (Fsp3) is 0.0400. The number of aliphatic hydroxyl groups is 1. The van der Waals surface area contributed by atoms with Crippen molar-refractivity contribution in [1.29, 1.82) is 0 Å². The quantitative estimate of drug-likeness (QED) is 0.486. The van der Waals surface area contributed by atoms with Gasteiger partial charge in [-0.25, -0.2) is 4.98 Å². The van der Waals surface area contributed by atoms with Gasteiger partial charge in [0.15, 0.2) is 0 Å². The number of hydrogen-bond acceptors (Lipinski definition) is 3. The van der Waals surface area contributed by atoms with Crippen LogP contribution in [-0.4, -0.2) is 14.7 Å². The highest BCUT2D eigenvalue weighted by molar-refractivity contribution is 5.79. The summed E-state index contributed by atoms with van der Waals surface area (Å²) < 4.78 is 1.67. The van der Waals surface area contributed by atoms with Gasteiger partial charge in [-0.05, 0) is 17.7 Å². The number of nitrogens with zero attached hydrogens (tertiary/aromatic N) is 2. The maximum absolute atomic E-state index is 13.1. The SMILES string of the molecule is O=c1c(/C=C(\O)c2ccccc2)nc2ccccc2n1C/C=C/c1ccccc1. The molecule has 1 heterocycles. The predicted octanol–water partition coefficient (Wildman–Crippen LogP) is 5.17. The summed E-state index contributed by atoms with van der Waals surface area (Å²) >= 11 is 0. The van der Waals surface area contributed by atoms with Gasteiger partial charge in [-0.2, -0.15) is 0 Å². The molecule has 3 aromatic carbocycles. The van der Waals surface area contributed by atoms with E-state index in [1.54, 1.807) is 16.7 Å². The normalized spacial score (nSPS) is 11.9. The van der Waals surface area contributed by atoms with Crippen LogP contribution >= 0.6 is 0 Å². The van der Waals surface area contributed by atoms with Crippen molar-refractivity contribution in [3.05, 3.63) is 118 Å². The average Bonchev–Trinajstić information content (AvgIpc) is 2.77. The number of para-hydroxylation sites is 2. The molecule has 0 amide bonds. The largest absolute Gasteiger partial charge is 0.507 e. The topological polar surface area (TPSA) is 55.1 Å². The fourth-order valence-electron chi connectivity index (χ4n) is 3.17. The Labute approximate surface area is 168 Å². The molecule has 0 aliphatic carbocycles. The molecule has 0 aliphatic rings. The highest BCUT2D eigenvalue weighted by Crippen LogP contribution is 2.15. The first-order chi connectivity index (χ1) is 14.2. The summed E-state index contributed by atoms with van der Waals surface area (Å²) in [6.45, 7) is 0.406. The lowest BCUT2D eigenvalue weighted by Gasteiger charge is -2.09. The van der Waals surface area contributed by atoms with Gasteiger partial charge in [-0.1, -0.05) is 84.9 Å². The van der Waals surface area contributed by atoms with Crippen molar-refractivity contribution in [1.82, 2.24) is 9.55 Å². The van der Waals surface area contributed by atoms with E-state index in [1.165, 1.54) is 6.08 Å². The van der Waals surface area contributed by atoms with Crippen molar-refractivity contribution in [3.63, 3.8) is 0 Å². The molecule has 1 N–H and O–H groups in total. The fourth-order valence-corrected chi connectivity index (χ4v) is 3.17. The molecular weight excluding hydrogens is 360 g/mol. The van der Waals surface area contributed by atoms with Gasteiger partial charge in [0, 0.05) is 18.2 Å². The van der Waals surface area contributed by atoms with Gasteiger partial charge in [0.1, 0.15) is 11.5 Å². The van der Waals surface area contributed by atoms with E-state index in [1.807, 2.05) is 84.9 Å². The number of fused-ring (bicyclic) bond motifs is 1. The number of rotatable bonds is 5. The van der Waals surface area contributed by atoms with Crippen molar-refractivity contribution in [2.45, 2.75) is 6.54 Å². The summed E-state index contributed by atoms with van der Waals surface area (Å²) in [7, 11) is 0. The predicted molar refractivity (Wildman–Crippen MR) is 118 cm³/mol. The molecule has 1 aromatic heterocycles. The third kappa shape index (κ3) is 4.17. The van der Waals surface area contributed by atoms with E-state index < -0.39 is 0 Å². The van der Waals surface area contributed by atoms with Crippen molar-refractivity contribution >= 4 is 28.9 Å². The van der Waals surface area contributed by atoms with E-state index in [2.05, 4.69) is 4.98 Å². The lowest BCUT2D eigenvalue weighted by Crippen LogP contribution is -2.23. The van der Waals surface area contributed by atoms with E-state index in [0.717, 1.165) is 11.1 Å². The molecule has 0 aliphatic heterocycles. The molecule has 4 aromatic rings. The number of allylic oxidation sites excluding steroid dienone is 1. The minimum Gasteiger partial charge on any atom is -0.507 e. The number of aliphatic hydroxyl groups excluding tert-OH is 1. The molecule has 0 bridgehead atoms. The molecular formula is C25H20N2O2. The Kier molecular flexibility index (Phi) is 5.34. The van der Waals surface area contributed by atoms with Gasteiger partial charge in [0.25, 0.3) is 5.56 Å². The first-order valence-corrected chi connectivity index (χ1v) is 9.39. The van der Waals surface area contributed by atoms with Crippen LogP contribution in [0, 0.1) is 0 Å². The monoisotopic (exact) mass is 380 g/mol. The van der Waals surface area contributed by atoms with Crippen LogP contribution in [0.3, 0.4) is 0 Å². The zero-order chi connectivity index (χ0) is 20.1. The van der Waals surface area contributed by atoms with E-state index in [4.69, 9.17) is 0 Å². The van der Waals surface area contributed by atoms with Crippen LogP contribution in [0.1, 0.15) is 16.8 Å². The summed E-state index contributed by atoms with van der Waals surface area (Å²) in [5.74, 6) is 0.0110. The minimum absolute atomic E-state index is 0.0110. The average molecular weight is 380 g/mol. The molecule has 142 valence electrons. The number of benzene rings is 3. The highest BCUT2D eigenvalue weighted by Gasteiger charge is 2.10. The van der Waals surface area contributed by atoms with Gasteiger partial charge in [-0.3, -0.25) is 4.79 Å². The summed E-state index contributed by atoms with van der Waals surface area (Å²) in [5, 5.41) is 10.4. The van der Waals surface area contributed by atoms with Gasteiger partial charge in [0.05, 0.1) is 11.0 Å². The molecule has 4 heteroatoms. The molecule has 4 rings (SSSR count). The van der Waals surface area contributed by atoms with E-state index in [-0.39, 0.29) is 17.0 Å². The second-order valence-electron chi connectivity index (χ2n) is 6.61. The van der Waals surface area contributed by atoms with Crippen LogP contribution < -0.4 is 5.56 Å². The Morgan fingerprint density at radius 2 is 1.55 bits per heavy atom. The summed E-state index contributed by atoms with van der Waals surface area (Å²) in [5.41, 5.74) is 3.12. The summed E-state index contributed by atoms with van der Waals surface area (Å²) in [6.07, 6.45) is 5.37. The lowest BCUT2D eigenvalue weighted by molar-refractivity contribution is 0.515. The van der Waals surface area contributed by atoms with Crippen molar-refractivity contribution < 1.29 is 5.11 Å². The Morgan fingerprint density at radius 3 is 2.31 bits per heavy atom. The molecule has 0 saturated carbocycles. The van der Waals surface area contributed by atoms with Crippen LogP contribution in [0.25, 0.3) is 28.9 Å². The highest BCUT2D eigenvalue weighted by atomic mass is 16.3. The Balaban J connectivity index is 1.76. The third-order valence-electron chi connectivity index (χ3n) is 4.62. The number of aromatic nitrogens is 2. The molecule has 0 atom stereocenters. The standard InChI is InChI=1S/C25H20N2O2/c28-24(20-13-5-2-6-14-20)18-22-25(29)27(23-16-8-7-15-21(23)26-22)17-9-12-19-10-3-1-4-11-19/h1-16,18,28H,17H2/b12-9+,24-18-. The van der Waals surface area contributed by atoms with Gasteiger partial charge in [-0.15, -0.1) is 0 Å². The van der Waals surface area contributed by atoms with Crippen LogP contribution in [-0.2, 0) is 6.54 Å². The first kappa shape index (κ1) is 18.4. The van der Waals surface area contributed by atoms with Crippen molar-refractivity contribution in [2.24, 2.45) is 0 Å². The third-order valence-corrected chi connectivity index (χ3v) is 4.62. The summed E-state index contributed by atoms with van der Waals surface area (Å²) in [6, 6.07) is 26.6. The van der Waals surface area contributed by atoms with Crippen molar-refractivity contribution in [2.75, 3.05) is 0 Å². The molecule has 0 fully saturated rings. The molecule has 0 radical (unpaired) electrons. The second-order valence-corrected chi connectivity index (χ2v) is 6.61. The van der Waals surface area contributed by atoms with Crippen LogP contribution in [0.2, 0.25) is 0 Å². The Morgan fingerprint density at radius 1 is 0.897 bits per heavy atom. The maximum Gasteiger partial charge on any atom is 0.277 e. The van der Waals surface area contributed by atoms with E-state index in [9.17, 15) is 9.90 Å². The van der Waals surface area contributed by atoms with Gasteiger partial charge in [0.2, 0.25) is 0 Å². The van der Waals surface area contributed by atoms with Gasteiger partial charge < -0.3 is 9.67 Å². The van der Waals surface area contributed by atoms with Crippen molar-refractivity contribution in [3.8, 4) is 0 Å². The second kappa shape index (κ2) is 8.40. The smallest absolute Gasteiger partial charge is 0.277 e. The molecule has 0 spiro atoms. The summed E-state index contributed by atoms with van der Waals surface area (Å²) in [4.78, 5) is 17.6. The maximum atomic E-state index is 13.1. The zero-order valence-electron chi connectivity index (χ0n) is 15.8.